The fraction of sp³-hybridized carbons (Fsp3) is 0.533. The highest BCUT2D eigenvalue weighted by atomic mass is 127. The zero-order valence-electron chi connectivity index (χ0n) is 12.7. The van der Waals surface area contributed by atoms with Crippen LogP contribution in [0.5, 0.6) is 0 Å². The molecule has 0 spiro atoms. The predicted octanol–water partition coefficient (Wildman–Crippen LogP) is 2.32. The van der Waals surface area contributed by atoms with Gasteiger partial charge in [-0.3, -0.25) is 4.99 Å². The molecule has 1 rings (SSSR count). The first-order valence-electron chi connectivity index (χ1n) is 6.97. The van der Waals surface area contributed by atoms with E-state index in [0.29, 0.717) is 12.5 Å². The highest BCUT2D eigenvalue weighted by Gasteiger charge is 2.08. The number of guanidine groups is 1. The number of rotatable bonds is 9. The van der Waals surface area contributed by atoms with Crippen LogP contribution < -0.4 is 11.1 Å². The lowest BCUT2D eigenvalue weighted by Gasteiger charge is -2.14. The molecule has 5 nitrogen and oxygen atoms in total. The first-order valence-corrected chi connectivity index (χ1v) is 6.97. The molecule has 6 heteroatoms. The molecule has 0 bridgehead atoms. The van der Waals surface area contributed by atoms with Gasteiger partial charge in [-0.2, -0.15) is 0 Å². The van der Waals surface area contributed by atoms with Crippen LogP contribution in [0.1, 0.15) is 25.0 Å². The zero-order valence-corrected chi connectivity index (χ0v) is 15.1. The predicted molar refractivity (Wildman–Crippen MR) is 97.2 cm³/mol. The van der Waals surface area contributed by atoms with Gasteiger partial charge in [0.05, 0.1) is 6.54 Å². The molecule has 1 unspecified atom stereocenters. The van der Waals surface area contributed by atoms with Gasteiger partial charge in [0.25, 0.3) is 0 Å². The molecule has 0 saturated heterocycles. The third-order valence-corrected chi connectivity index (χ3v) is 2.86. The van der Waals surface area contributed by atoms with Crippen LogP contribution in [-0.2, 0) is 9.47 Å². The fourth-order valence-electron chi connectivity index (χ4n) is 1.76. The van der Waals surface area contributed by atoms with Crippen LogP contribution in [0.25, 0.3) is 0 Å². The molecule has 0 fully saturated rings. The molecule has 0 saturated carbocycles. The second-order valence-electron chi connectivity index (χ2n) is 4.34. The molecule has 120 valence electrons. The smallest absolute Gasteiger partial charge is 0.188 e. The van der Waals surface area contributed by atoms with E-state index in [-0.39, 0.29) is 30.1 Å². The average molecular weight is 407 g/mol. The maximum Gasteiger partial charge on any atom is 0.188 e. The van der Waals surface area contributed by atoms with Crippen molar-refractivity contribution >= 4 is 29.9 Å². The molecular formula is C15H26IN3O2. The van der Waals surface area contributed by atoms with E-state index in [0.717, 1.165) is 31.7 Å². The molecule has 0 aliphatic heterocycles. The van der Waals surface area contributed by atoms with E-state index >= 15 is 0 Å². The summed E-state index contributed by atoms with van der Waals surface area (Å²) >= 11 is 0. The van der Waals surface area contributed by atoms with Crippen LogP contribution in [-0.4, -0.2) is 39.4 Å². The van der Waals surface area contributed by atoms with Gasteiger partial charge in [-0.15, -0.1) is 24.0 Å². The van der Waals surface area contributed by atoms with Crippen molar-refractivity contribution in [2.75, 3.05) is 33.4 Å². The number of aliphatic imine (C=N–C) groups is 1. The highest BCUT2D eigenvalue weighted by Crippen LogP contribution is 2.15. The summed E-state index contributed by atoms with van der Waals surface area (Å²) in [5.74, 6) is 0.444. The van der Waals surface area contributed by atoms with Crippen LogP contribution in [0.15, 0.2) is 35.3 Å². The SMILES string of the molecule is CCOCCCNC(N)=NCC(OC)c1ccccc1.I. The first kappa shape index (κ1) is 20.1. The van der Waals surface area contributed by atoms with Crippen molar-refractivity contribution in [2.45, 2.75) is 19.4 Å². The van der Waals surface area contributed by atoms with Gasteiger partial charge in [0, 0.05) is 26.9 Å². The lowest BCUT2D eigenvalue weighted by atomic mass is 10.1. The first-order chi connectivity index (χ1) is 9.77. The lowest BCUT2D eigenvalue weighted by Crippen LogP contribution is -2.33. The van der Waals surface area contributed by atoms with E-state index in [2.05, 4.69) is 10.3 Å². The highest BCUT2D eigenvalue weighted by molar-refractivity contribution is 14.0. The van der Waals surface area contributed by atoms with Gasteiger partial charge < -0.3 is 20.5 Å². The van der Waals surface area contributed by atoms with E-state index in [4.69, 9.17) is 15.2 Å². The second kappa shape index (κ2) is 12.8. The Labute approximate surface area is 144 Å². The average Bonchev–Trinajstić information content (AvgIpc) is 2.49. The van der Waals surface area contributed by atoms with Crippen LogP contribution in [0, 0.1) is 0 Å². The summed E-state index contributed by atoms with van der Waals surface area (Å²) in [6.45, 7) is 4.73. The molecule has 1 aromatic rings. The Bertz CT molecular complexity index is 388. The van der Waals surface area contributed by atoms with Crippen molar-refractivity contribution < 1.29 is 9.47 Å². The van der Waals surface area contributed by atoms with Crippen molar-refractivity contribution in [3.63, 3.8) is 0 Å². The summed E-state index contributed by atoms with van der Waals surface area (Å²) in [6, 6.07) is 10.00. The summed E-state index contributed by atoms with van der Waals surface area (Å²) in [4.78, 5) is 4.31. The third kappa shape index (κ3) is 8.90. The minimum Gasteiger partial charge on any atom is -0.382 e. The van der Waals surface area contributed by atoms with Crippen molar-refractivity contribution in [2.24, 2.45) is 10.7 Å². The van der Waals surface area contributed by atoms with E-state index < -0.39 is 0 Å². The van der Waals surface area contributed by atoms with Crippen LogP contribution >= 0.6 is 24.0 Å². The molecule has 0 aliphatic carbocycles. The Kier molecular flexibility index (Phi) is 12.3. The molecule has 0 heterocycles. The maximum absolute atomic E-state index is 5.81. The Morgan fingerprint density at radius 3 is 2.67 bits per heavy atom. The quantitative estimate of drug-likeness (QED) is 0.285. The second-order valence-corrected chi connectivity index (χ2v) is 4.34. The van der Waals surface area contributed by atoms with Crippen molar-refractivity contribution in [3.8, 4) is 0 Å². The molecule has 0 radical (unpaired) electrons. The third-order valence-electron chi connectivity index (χ3n) is 2.86. The van der Waals surface area contributed by atoms with Gasteiger partial charge in [0.15, 0.2) is 5.96 Å². The minimum atomic E-state index is -0.0695. The van der Waals surface area contributed by atoms with Crippen LogP contribution in [0.2, 0.25) is 0 Å². The fourth-order valence-corrected chi connectivity index (χ4v) is 1.76. The van der Waals surface area contributed by atoms with E-state index in [1.165, 1.54) is 0 Å². The van der Waals surface area contributed by atoms with Crippen molar-refractivity contribution in [1.82, 2.24) is 5.32 Å². The molecule has 3 N–H and O–H groups in total. The van der Waals surface area contributed by atoms with Crippen molar-refractivity contribution in [3.05, 3.63) is 35.9 Å². The number of halogens is 1. The summed E-state index contributed by atoms with van der Waals surface area (Å²) in [5.41, 5.74) is 6.91. The minimum absolute atomic E-state index is 0. The number of hydrogen-bond acceptors (Lipinski definition) is 3. The molecule has 0 amide bonds. The Hall–Kier alpha value is -0.860. The molecule has 1 atom stereocenters. The van der Waals surface area contributed by atoms with Gasteiger partial charge in [-0.1, -0.05) is 30.3 Å². The number of hydrogen-bond donors (Lipinski definition) is 2. The van der Waals surface area contributed by atoms with Crippen molar-refractivity contribution in [1.29, 1.82) is 0 Å². The van der Waals surface area contributed by atoms with Crippen LogP contribution in [0.3, 0.4) is 0 Å². The Morgan fingerprint density at radius 2 is 2.05 bits per heavy atom. The molecule has 0 aromatic heterocycles. The van der Waals surface area contributed by atoms with E-state index in [1.54, 1.807) is 7.11 Å². The van der Waals surface area contributed by atoms with Gasteiger partial charge >= 0.3 is 0 Å². The van der Waals surface area contributed by atoms with E-state index in [1.807, 2.05) is 37.3 Å². The summed E-state index contributed by atoms with van der Waals surface area (Å²) < 4.78 is 10.7. The summed E-state index contributed by atoms with van der Waals surface area (Å²) in [7, 11) is 1.68. The zero-order chi connectivity index (χ0) is 14.6. The number of nitrogens with two attached hydrogens (primary N) is 1. The molecular weight excluding hydrogens is 381 g/mol. The number of methoxy groups -OCH3 is 1. The van der Waals surface area contributed by atoms with E-state index in [9.17, 15) is 0 Å². The Morgan fingerprint density at radius 1 is 1.33 bits per heavy atom. The van der Waals surface area contributed by atoms with Gasteiger partial charge in [0.2, 0.25) is 0 Å². The lowest BCUT2D eigenvalue weighted by molar-refractivity contribution is 0.111. The Balaban J connectivity index is 0.00000400. The topological polar surface area (TPSA) is 68.9 Å². The standard InChI is InChI=1S/C15H25N3O2.HI/c1-3-20-11-7-10-17-15(16)18-12-14(19-2)13-8-5-4-6-9-13;/h4-6,8-9,14H,3,7,10-12H2,1-2H3,(H3,16,17,18);1H. The molecule has 21 heavy (non-hydrogen) atoms. The summed E-state index contributed by atoms with van der Waals surface area (Å²) in [5, 5.41) is 3.06. The largest absolute Gasteiger partial charge is 0.382 e. The monoisotopic (exact) mass is 407 g/mol. The normalized spacial score (nSPS) is 12.6. The maximum atomic E-state index is 5.81. The number of benzene rings is 1. The van der Waals surface area contributed by atoms with Gasteiger partial charge in [-0.05, 0) is 18.9 Å². The molecule has 0 aliphatic rings. The molecule has 1 aromatic carbocycles. The van der Waals surface area contributed by atoms with Crippen LogP contribution in [0.4, 0.5) is 0 Å². The van der Waals surface area contributed by atoms with Gasteiger partial charge in [-0.25, -0.2) is 0 Å². The summed E-state index contributed by atoms with van der Waals surface area (Å²) in [6.07, 6.45) is 0.844. The van der Waals surface area contributed by atoms with Gasteiger partial charge in [0.1, 0.15) is 6.10 Å². The number of ether oxygens (including phenoxy) is 2. The number of nitrogens with zero attached hydrogens (tertiary/aromatic N) is 1. The number of nitrogens with one attached hydrogen (secondary N) is 1.